The van der Waals surface area contributed by atoms with E-state index in [4.69, 9.17) is 5.73 Å². The molecular weight excluding hydrogens is 568 g/mol. The molecule has 0 aromatic heterocycles. The number of rotatable bonds is 5. The standard InChI is InChI=1S/C27H32FN3O7.2ClH/c1-31(2)21-15-8-11-7-14-18(16(32)9-12(20(14)28)10-30-13-5-3-4-6-13)22(33)17(11)24(35)27(15,38)25(36)19(23(21)34)26(29)37;;/h9,11,13,15,21,30,32-33,36,38H,3-8,10H2,1-2H3,(H2,29,37);2*1H/t11-,15-,21-,27-;;/m0../s1. The van der Waals surface area contributed by atoms with Gasteiger partial charge >= 0.3 is 0 Å². The lowest BCUT2D eigenvalue weighted by atomic mass is 9.57. The maximum Gasteiger partial charge on any atom is 0.255 e. The smallest absolute Gasteiger partial charge is 0.255 e. The molecule has 4 atom stereocenters. The Labute approximate surface area is 242 Å². The Hall–Kier alpha value is -2.70. The van der Waals surface area contributed by atoms with Crippen LogP contribution in [-0.2, 0) is 27.3 Å². The van der Waals surface area contributed by atoms with Crippen LogP contribution in [0.1, 0.15) is 48.8 Å². The van der Waals surface area contributed by atoms with Crippen LogP contribution in [0.3, 0.4) is 0 Å². The SMILES string of the molecule is CN(C)[C@@H]1C(=O)C(C(N)=O)=C(O)[C@@]2(O)C(=O)C3=C(O)c4c(O)cc(CNC5CCCC5)c(F)c4C[C@H]3C[C@@H]12.Cl.Cl. The van der Waals surface area contributed by atoms with Gasteiger partial charge < -0.3 is 31.5 Å². The summed E-state index contributed by atoms with van der Waals surface area (Å²) in [5.41, 5.74) is 1.44. The van der Waals surface area contributed by atoms with Crippen molar-refractivity contribution in [1.82, 2.24) is 10.2 Å². The first kappa shape index (κ1) is 31.8. The number of hydrogen-bond donors (Lipinski definition) is 6. The molecule has 40 heavy (non-hydrogen) atoms. The van der Waals surface area contributed by atoms with Gasteiger partial charge in [-0.1, -0.05) is 12.8 Å². The monoisotopic (exact) mass is 601 g/mol. The van der Waals surface area contributed by atoms with Crippen LogP contribution in [0.5, 0.6) is 5.75 Å². The number of benzene rings is 1. The number of phenols is 1. The average molecular weight is 602 g/mol. The molecule has 0 radical (unpaired) electrons. The van der Waals surface area contributed by atoms with Crippen LogP contribution in [0.4, 0.5) is 4.39 Å². The van der Waals surface area contributed by atoms with Gasteiger partial charge in [0.2, 0.25) is 5.78 Å². The molecule has 2 saturated carbocycles. The predicted octanol–water partition coefficient (Wildman–Crippen LogP) is 1.98. The number of nitrogens with zero attached hydrogens (tertiary/aromatic N) is 1. The summed E-state index contributed by atoms with van der Waals surface area (Å²) in [7, 11) is 3.05. The van der Waals surface area contributed by atoms with E-state index in [2.05, 4.69) is 5.32 Å². The number of aromatic hydroxyl groups is 1. The average Bonchev–Trinajstić information content (AvgIpc) is 3.36. The lowest BCUT2D eigenvalue weighted by molar-refractivity contribution is -0.153. The Kier molecular flexibility index (Phi) is 8.98. The van der Waals surface area contributed by atoms with E-state index in [1.54, 1.807) is 0 Å². The summed E-state index contributed by atoms with van der Waals surface area (Å²) < 4.78 is 15.7. The molecule has 1 aromatic carbocycles. The van der Waals surface area contributed by atoms with Gasteiger partial charge in [-0.25, -0.2) is 4.39 Å². The summed E-state index contributed by atoms with van der Waals surface area (Å²) in [5, 5.41) is 47.7. The molecule has 0 heterocycles. The van der Waals surface area contributed by atoms with Gasteiger partial charge in [-0.15, -0.1) is 24.8 Å². The first-order valence-electron chi connectivity index (χ1n) is 12.8. The number of phenolic OH excluding ortho intramolecular Hbond substituents is 1. The number of carbonyl (C=O) groups is 3. The number of nitrogens with two attached hydrogens (primary N) is 1. The van der Waals surface area contributed by atoms with Crippen molar-refractivity contribution in [2.75, 3.05) is 14.1 Å². The zero-order valence-electron chi connectivity index (χ0n) is 22.1. The minimum Gasteiger partial charge on any atom is -0.508 e. The molecule has 0 aliphatic heterocycles. The summed E-state index contributed by atoms with van der Waals surface area (Å²) in [5.74, 6) is -8.15. The second-order valence-electron chi connectivity index (χ2n) is 11.0. The number of halogens is 3. The van der Waals surface area contributed by atoms with Crippen molar-refractivity contribution in [3.05, 3.63) is 45.5 Å². The van der Waals surface area contributed by atoms with Crippen molar-refractivity contribution in [1.29, 1.82) is 0 Å². The van der Waals surface area contributed by atoms with E-state index in [1.165, 1.54) is 25.1 Å². The van der Waals surface area contributed by atoms with Crippen molar-refractivity contribution < 1.29 is 39.2 Å². The van der Waals surface area contributed by atoms with Crippen LogP contribution < -0.4 is 11.1 Å². The number of amides is 1. The largest absolute Gasteiger partial charge is 0.508 e. The van der Waals surface area contributed by atoms with Crippen molar-refractivity contribution >= 4 is 48.0 Å². The van der Waals surface area contributed by atoms with Crippen LogP contribution >= 0.6 is 24.8 Å². The third-order valence-electron chi connectivity index (χ3n) is 8.67. The van der Waals surface area contributed by atoms with E-state index < -0.39 is 69.6 Å². The van der Waals surface area contributed by atoms with Gasteiger partial charge in [0.15, 0.2) is 11.4 Å². The number of hydrogen-bond acceptors (Lipinski definition) is 9. The lowest BCUT2D eigenvalue weighted by Gasteiger charge is -2.50. The molecular formula is C27H34Cl2FN3O7. The molecule has 13 heteroatoms. The summed E-state index contributed by atoms with van der Waals surface area (Å²) in [6.45, 7) is 0.187. The molecule has 0 unspecified atom stereocenters. The van der Waals surface area contributed by atoms with Crippen LogP contribution in [0.15, 0.2) is 23.0 Å². The highest BCUT2D eigenvalue weighted by Gasteiger charge is 2.64. The first-order valence-corrected chi connectivity index (χ1v) is 12.8. The minimum atomic E-state index is -2.72. The fraction of sp³-hybridized carbons (Fsp3) is 0.519. The summed E-state index contributed by atoms with van der Waals surface area (Å²) in [4.78, 5) is 40.4. The molecule has 4 aliphatic carbocycles. The molecule has 0 saturated heterocycles. The van der Waals surface area contributed by atoms with Crippen molar-refractivity contribution in [2.45, 2.75) is 62.8 Å². The second-order valence-corrected chi connectivity index (χ2v) is 11.0. The molecule has 2 fully saturated rings. The lowest BCUT2D eigenvalue weighted by Crippen LogP contribution is -2.65. The molecule has 7 N–H and O–H groups in total. The topological polar surface area (TPSA) is 173 Å². The van der Waals surface area contributed by atoms with Crippen LogP contribution in [0, 0.1) is 17.7 Å². The first-order chi connectivity index (χ1) is 17.9. The van der Waals surface area contributed by atoms with E-state index in [1.807, 2.05) is 0 Å². The highest BCUT2D eigenvalue weighted by Crippen LogP contribution is 2.53. The molecule has 4 aliphatic rings. The van der Waals surface area contributed by atoms with Gasteiger partial charge in [-0.3, -0.25) is 19.3 Å². The van der Waals surface area contributed by atoms with Gasteiger partial charge in [-0.2, -0.15) is 0 Å². The number of fused-ring (bicyclic) bond motifs is 3. The molecule has 1 amide bonds. The maximum absolute atomic E-state index is 15.7. The maximum atomic E-state index is 15.7. The van der Waals surface area contributed by atoms with Gasteiger partial charge in [-0.05, 0) is 51.8 Å². The number of ketones is 2. The molecule has 1 aromatic rings. The zero-order valence-corrected chi connectivity index (χ0v) is 23.7. The summed E-state index contributed by atoms with van der Waals surface area (Å²) in [6.07, 6.45) is 4.02. The van der Waals surface area contributed by atoms with Crippen LogP contribution in [0.2, 0.25) is 0 Å². The Balaban J connectivity index is 0.00000220. The molecule has 5 rings (SSSR count). The minimum absolute atomic E-state index is 0. The molecule has 0 bridgehead atoms. The third kappa shape index (κ3) is 4.57. The van der Waals surface area contributed by atoms with Gasteiger partial charge in [0.05, 0.1) is 11.6 Å². The van der Waals surface area contributed by atoms with E-state index in [0.29, 0.717) is 0 Å². The number of Topliss-reactive ketones (excluding diaryl/α,β-unsaturated/α-hetero) is 2. The Morgan fingerprint density at radius 3 is 2.38 bits per heavy atom. The highest BCUT2D eigenvalue weighted by atomic mass is 35.5. The quantitative estimate of drug-likeness (QED) is 0.276. The van der Waals surface area contributed by atoms with Crippen molar-refractivity contribution in [3.63, 3.8) is 0 Å². The number of likely N-dealkylation sites (N-methyl/N-ethyl adjacent to an activating group) is 1. The number of nitrogens with one attached hydrogen (secondary N) is 1. The van der Waals surface area contributed by atoms with E-state index in [0.717, 1.165) is 25.7 Å². The number of aliphatic hydroxyl groups excluding tert-OH is 2. The van der Waals surface area contributed by atoms with Gasteiger partial charge in [0.25, 0.3) is 5.91 Å². The number of carbonyl (C=O) groups excluding carboxylic acids is 3. The number of aliphatic hydroxyl groups is 3. The zero-order chi connectivity index (χ0) is 27.7. The Bertz CT molecular complexity index is 1330. The number of primary amides is 1. The second kappa shape index (κ2) is 11.3. The van der Waals surface area contributed by atoms with E-state index in [-0.39, 0.29) is 72.5 Å². The highest BCUT2D eigenvalue weighted by molar-refractivity contribution is 6.24. The van der Waals surface area contributed by atoms with Crippen molar-refractivity contribution in [3.8, 4) is 5.75 Å². The predicted molar refractivity (Wildman–Crippen MR) is 148 cm³/mol. The van der Waals surface area contributed by atoms with Crippen molar-refractivity contribution in [2.24, 2.45) is 17.6 Å². The third-order valence-corrected chi connectivity index (χ3v) is 8.67. The van der Waals surface area contributed by atoms with E-state index in [9.17, 15) is 34.8 Å². The fourth-order valence-corrected chi connectivity index (χ4v) is 6.86. The normalized spacial score (nSPS) is 28.1. The Morgan fingerprint density at radius 2 is 1.80 bits per heavy atom. The van der Waals surface area contributed by atoms with Gasteiger partial charge in [0.1, 0.15) is 28.7 Å². The fourth-order valence-electron chi connectivity index (χ4n) is 6.86. The van der Waals surface area contributed by atoms with Crippen LogP contribution in [0.25, 0.3) is 5.76 Å². The summed E-state index contributed by atoms with van der Waals surface area (Å²) in [6, 6.07) is 0.286. The van der Waals surface area contributed by atoms with E-state index >= 15 is 4.39 Å². The van der Waals surface area contributed by atoms with Crippen LogP contribution in [-0.4, -0.2) is 74.6 Å². The Morgan fingerprint density at radius 1 is 1.18 bits per heavy atom. The molecule has 220 valence electrons. The molecule has 10 nitrogen and oxygen atoms in total. The summed E-state index contributed by atoms with van der Waals surface area (Å²) >= 11 is 0. The molecule has 0 spiro atoms. The van der Waals surface area contributed by atoms with Gasteiger partial charge in [0, 0.05) is 35.2 Å².